The average Bonchev–Trinajstić information content (AvgIpc) is 2.78. The first-order valence-electron chi connectivity index (χ1n) is 5.32. The predicted molar refractivity (Wildman–Crippen MR) is 59.7 cm³/mol. The molecule has 2 heterocycles. The third-order valence-electron chi connectivity index (χ3n) is 2.31. The van der Waals surface area contributed by atoms with Crippen LogP contribution >= 0.6 is 0 Å². The molecule has 2 N–H and O–H groups in total. The lowest BCUT2D eigenvalue weighted by molar-refractivity contribution is 0.380. The lowest BCUT2D eigenvalue weighted by Gasteiger charge is -2.00. The molecule has 0 aliphatic heterocycles. The standard InChI is InChI=1S/C11H14N4O/c1-2-8-4-3-7-13-10(8)11-14-9(5-6-12)16-15-11/h3-4,7H,2,5-6,12H2,1H3. The molecule has 84 valence electrons. The van der Waals surface area contributed by atoms with Crippen molar-refractivity contribution in [2.45, 2.75) is 19.8 Å². The Balaban J connectivity index is 2.34. The zero-order chi connectivity index (χ0) is 11.4. The maximum atomic E-state index is 5.42. The van der Waals surface area contributed by atoms with Crippen molar-refractivity contribution in [3.8, 4) is 11.5 Å². The van der Waals surface area contributed by atoms with E-state index in [2.05, 4.69) is 22.0 Å². The van der Waals surface area contributed by atoms with Gasteiger partial charge in [0.25, 0.3) is 0 Å². The van der Waals surface area contributed by atoms with Crippen LogP contribution in [-0.2, 0) is 12.8 Å². The summed E-state index contributed by atoms with van der Waals surface area (Å²) in [5.41, 5.74) is 7.32. The number of aryl methyl sites for hydroxylation is 1. The Morgan fingerprint density at radius 1 is 1.44 bits per heavy atom. The Morgan fingerprint density at radius 2 is 2.31 bits per heavy atom. The van der Waals surface area contributed by atoms with Gasteiger partial charge in [-0.25, -0.2) is 0 Å². The van der Waals surface area contributed by atoms with Crippen LogP contribution in [0.1, 0.15) is 18.4 Å². The summed E-state index contributed by atoms with van der Waals surface area (Å²) in [6.45, 7) is 2.58. The van der Waals surface area contributed by atoms with Crippen molar-refractivity contribution in [3.63, 3.8) is 0 Å². The lowest BCUT2D eigenvalue weighted by Crippen LogP contribution is -2.02. The van der Waals surface area contributed by atoms with E-state index in [1.165, 1.54) is 0 Å². The Labute approximate surface area is 93.7 Å². The third kappa shape index (κ3) is 2.09. The summed E-state index contributed by atoms with van der Waals surface area (Å²) in [6.07, 6.45) is 3.22. The van der Waals surface area contributed by atoms with E-state index in [-0.39, 0.29) is 0 Å². The van der Waals surface area contributed by atoms with Gasteiger partial charge >= 0.3 is 0 Å². The molecule has 0 spiro atoms. The van der Waals surface area contributed by atoms with Gasteiger partial charge in [0.1, 0.15) is 5.69 Å². The van der Waals surface area contributed by atoms with Crippen LogP contribution in [0.2, 0.25) is 0 Å². The first-order valence-corrected chi connectivity index (χ1v) is 5.32. The van der Waals surface area contributed by atoms with Crippen LogP contribution in [0.25, 0.3) is 11.5 Å². The van der Waals surface area contributed by atoms with Gasteiger partial charge in [0.2, 0.25) is 11.7 Å². The summed E-state index contributed by atoms with van der Waals surface area (Å²) in [4.78, 5) is 8.54. The lowest BCUT2D eigenvalue weighted by atomic mass is 10.1. The van der Waals surface area contributed by atoms with E-state index in [1.54, 1.807) is 6.20 Å². The third-order valence-corrected chi connectivity index (χ3v) is 2.31. The topological polar surface area (TPSA) is 77.8 Å². The molecule has 0 amide bonds. The van der Waals surface area contributed by atoms with Crippen molar-refractivity contribution in [1.82, 2.24) is 15.1 Å². The van der Waals surface area contributed by atoms with Gasteiger partial charge in [0.05, 0.1) is 0 Å². The number of rotatable bonds is 4. The number of hydrogen-bond donors (Lipinski definition) is 1. The molecule has 0 atom stereocenters. The molecule has 5 nitrogen and oxygen atoms in total. The number of hydrogen-bond acceptors (Lipinski definition) is 5. The summed E-state index contributed by atoms with van der Waals surface area (Å²) < 4.78 is 5.08. The highest BCUT2D eigenvalue weighted by Crippen LogP contribution is 2.18. The summed E-state index contributed by atoms with van der Waals surface area (Å²) in [5, 5.41) is 3.91. The molecule has 0 aliphatic carbocycles. The molecular weight excluding hydrogens is 204 g/mol. The van der Waals surface area contributed by atoms with E-state index in [0.29, 0.717) is 24.7 Å². The summed E-state index contributed by atoms with van der Waals surface area (Å²) in [7, 11) is 0. The number of nitrogens with two attached hydrogens (primary N) is 1. The van der Waals surface area contributed by atoms with Gasteiger partial charge in [-0.1, -0.05) is 18.1 Å². The molecule has 2 aromatic rings. The van der Waals surface area contributed by atoms with E-state index in [1.807, 2.05) is 12.1 Å². The molecule has 2 rings (SSSR count). The molecule has 0 radical (unpaired) electrons. The van der Waals surface area contributed by atoms with Gasteiger partial charge in [0.15, 0.2) is 0 Å². The Kier molecular flexibility index (Phi) is 3.26. The monoisotopic (exact) mass is 218 g/mol. The van der Waals surface area contributed by atoms with Crippen molar-refractivity contribution >= 4 is 0 Å². The maximum Gasteiger partial charge on any atom is 0.228 e. The quantitative estimate of drug-likeness (QED) is 0.834. The zero-order valence-electron chi connectivity index (χ0n) is 9.18. The fraction of sp³-hybridized carbons (Fsp3) is 0.364. The van der Waals surface area contributed by atoms with Gasteiger partial charge < -0.3 is 10.3 Å². The second-order valence-corrected chi connectivity index (χ2v) is 3.42. The predicted octanol–water partition coefficient (Wildman–Crippen LogP) is 1.20. The molecule has 0 bridgehead atoms. The number of aromatic nitrogens is 3. The fourth-order valence-corrected chi connectivity index (χ4v) is 1.50. The fourth-order valence-electron chi connectivity index (χ4n) is 1.50. The van der Waals surface area contributed by atoms with E-state index >= 15 is 0 Å². The highest BCUT2D eigenvalue weighted by Gasteiger charge is 2.12. The van der Waals surface area contributed by atoms with Gasteiger partial charge in [-0.2, -0.15) is 4.98 Å². The van der Waals surface area contributed by atoms with Crippen molar-refractivity contribution in [2.75, 3.05) is 6.54 Å². The number of pyridine rings is 1. The number of nitrogens with zero attached hydrogens (tertiary/aromatic N) is 3. The van der Waals surface area contributed by atoms with E-state index in [0.717, 1.165) is 17.7 Å². The molecule has 0 aromatic carbocycles. The van der Waals surface area contributed by atoms with E-state index < -0.39 is 0 Å². The van der Waals surface area contributed by atoms with E-state index in [4.69, 9.17) is 10.3 Å². The van der Waals surface area contributed by atoms with Crippen molar-refractivity contribution in [2.24, 2.45) is 5.73 Å². The van der Waals surface area contributed by atoms with Gasteiger partial charge in [-0.05, 0) is 18.1 Å². The SMILES string of the molecule is CCc1cccnc1-c1noc(CCN)n1. The molecule has 5 heteroatoms. The maximum absolute atomic E-state index is 5.42. The molecule has 0 saturated heterocycles. The van der Waals surface area contributed by atoms with Crippen LogP contribution in [0.4, 0.5) is 0 Å². The van der Waals surface area contributed by atoms with Gasteiger partial charge in [-0.3, -0.25) is 4.98 Å². The smallest absolute Gasteiger partial charge is 0.228 e. The highest BCUT2D eigenvalue weighted by atomic mass is 16.5. The summed E-state index contributed by atoms with van der Waals surface area (Å²) in [6, 6.07) is 3.92. The minimum Gasteiger partial charge on any atom is -0.339 e. The van der Waals surface area contributed by atoms with Gasteiger partial charge in [0, 0.05) is 19.2 Å². The van der Waals surface area contributed by atoms with Crippen molar-refractivity contribution in [1.29, 1.82) is 0 Å². The first kappa shape index (κ1) is 10.8. The summed E-state index contributed by atoms with van der Waals surface area (Å²) in [5.74, 6) is 1.10. The normalized spacial score (nSPS) is 10.6. The molecule has 0 saturated carbocycles. The largest absolute Gasteiger partial charge is 0.339 e. The van der Waals surface area contributed by atoms with Gasteiger partial charge in [-0.15, -0.1) is 0 Å². The summed E-state index contributed by atoms with van der Waals surface area (Å²) >= 11 is 0. The molecule has 2 aromatic heterocycles. The highest BCUT2D eigenvalue weighted by molar-refractivity contribution is 5.53. The molecule has 16 heavy (non-hydrogen) atoms. The minimum absolute atomic E-state index is 0.504. The van der Waals surface area contributed by atoms with Crippen LogP contribution < -0.4 is 5.73 Å². The second-order valence-electron chi connectivity index (χ2n) is 3.42. The average molecular weight is 218 g/mol. The minimum atomic E-state index is 0.504. The van der Waals surface area contributed by atoms with Crippen molar-refractivity contribution in [3.05, 3.63) is 29.8 Å². The molecule has 0 fully saturated rings. The van der Waals surface area contributed by atoms with Crippen LogP contribution in [0.3, 0.4) is 0 Å². The van der Waals surface area contributed by atoms with Crippen molar-refractivity contribution < 1.29 is 4.52 Å². The van der Waals surface area contributed by atoms with Crippen LogP contribution in [0.5, 0.6) is 0 Å². The van der Waals surface area contributed by atoms with E-state index in [9.17, 15) is 0 Å². The molecular formula is C11H14N4O. The second kappa shape index (κ2) is 4.85. The van der Waals surface area contributed by atoms with Crippen LogP contribution in [-0.4, -0.2) is 21.7 Å². The molecule has 0 unspecified atom stereocenters. The first-order chi connectivity index (χ1) is 7.85. The Hall–Kier alpha value is -1.75. The Bertz CT molecular complexity index is 467. The Morgan fingerprint density at radius 3 is 3.06 bits per heavy atom. The molecule has 0 aliphatic rings. The van der Waals surface area contributed by atoms with Crippen LogP contribution in [0.15, 0.2) is 22.9 Å². The van der Waals surface area contributed by atoms with Crippen LogP contribution in [0, 0.1) is 0 Å². The zero-order valence-corrected chi connectivity index (χ0v) is 9.18.